The minimum absolute atomic E-state index is 0. The zero-order valence-electron chi connectivity index (χ0n) is 3.26. The van der Waals surface area contributed by atoms with Crippen molar-refractivity contribution < 1.29 is 0 Å². The number of rotatable bonds is 1. The van der Waals surface area contributed by atoms with Gasteiger partial charge in [-0.25, -0.2) is 0 Å². The van der Waals surface area contributed by atoms with Crippen LogP contribution < -0.4 is 0 Å². The number of hydrogen-bond acceptors (Lipinski definition) is 0. The van der Waals surface area contributed by atoms with Gasteiger partial charge in [-0.2, -0.15) is 0 Å². The standard InChI is InChI=1S/C3H5As.2ClH/c1-2-3-4;;/h2H,1,3H2;2*1H. The predicted molar refractivity (Wildman–Crippen MR) is 35.3 cm³/mol. The van der Waals surface area contributed by atoms with Crippen molar-refractivity contribution in [2.75, 3.05) is 0 Å². The number of allylic oxidation sites excluding steroid dienone is 1. The average Bonchev–Trinajstić information content (AvgIpc) is 1.37. The van der Waals surface area contributed by atoms with Gasteiger partial charge in [-0.1, -0.05) is 0 Å². The number of halogens is 2. The van der Waals surface area contributed by atoms with Crippen molar-refractivity contribution >= 4 is 41.7 Å². The summed E-state index contributed by atoms with van der Waals surface area (Å²) in [6, 6.07) is 0. The van der Waals surface area contributed by atoms with Gasteiger partial charge in [0.1, 0.15) is 0 Å². The van der Waals surface area contributed by atoms with E-state index in [4.69, 9.17) is 0 Å². The molecule has 0 unspecified atom stereocenters. The van der Waals surface area contributed by atoms with E-state index in [1.54, 1.807) is 0 Å². The molecule has 0 aliphatic carbocycles. The van der Waals surface area contributed by atoms with Crippen molar-refractivity contribution in [2.45, 2.75) is 5.21 Å². The van der Waals surface area contributed by atoms with Gasteiger partial charge >= 0.3 is 34.7 Å². The fourth-order valence-electron chi connectivity index (χ4n) is 0. The van der Waals surface area contributed by atoms with E-state index in [2.05, 4.69) is 23.4 Å². The summed E-state index contributed by atoms with van der Waals surface area (Å²) in [5.74, 6) is 0. The summed E-state index contributed by atoms with van der Waals surface area (Å²) in [6.45, 7) is 3.46. The van der Waals surface area contributed by atoms with Crippen LogP contribution in [0.2, 0.25) is 5.21 Å². The minimum atomic E-state index is 0. The molecule has 0 atom stereocenters. The molecule has 3 heteroatoms. The maximum Gasteiger partial charge on any atom is -0.147 e. The fraction of sp³-hybridized carbons (Fsp3) is 0.333. The van der Waals surface area contributed by atoms with Gasteiger partial charge in [-0.05, 0) is 0 Å². The molecule has 0 heterocycles. The molecule has 0 aromatic heterocycles. The molecule has 0 nitrogen and oxygen atoms in total. The third kappa shape index (κ3) is 20.8. The summed E-state index contributed by atoms with van der Waals surface area (Å²) in [5.41, 5.74) is 0. The summed E-state index contributed by atoms with van der Waals surface area (Å²) in [6.07, 6.45) is 1.85. The summed E-state index contributed by atoms with van der Waals surface area (Å²) >= 11 is 2.42. The number of hydrogen-bond donors (Lipinski definition) is 0. The Morgan fingerprint density at radius 1 is 1.50 bits per heavy atom. The third-order valence-electron chi connectivity index (χ3n) is 0.129. The molecule has 0 amide bonds. The molecule has 0 saturated heterocycles. The van der Waals surface area contributed by atoms with E-state index >= 15 is 0 Å². The first-order chi connectivity index (χ1) is 1.91. The topological polar surface area (TPSA) is 0 Å². The Morgan fingerprint density at radius 3 is 1.67 bits per heavy atom. The van der Waals surface area contributed by atoms with Crippen LogP contribution in [0.3, 0.4) is 0 Å². The SMILES string of the molecule is C=CC[As].Cl.Cl. The molecular formula is C3H7AsCl2. The molecule has 0 aromatic rings. The second-order valence-electron chi connectivity index (χ2n) is 0.471. The van der Waals surface area contributed by atoms with Crippen LogP contribution in [0.1, 0.15) is 0 Å². The molecular weight excluding hydrogens is 182 g/mol. The summed E-state index contributed by atoms with van der Waals surface area (Å²) in [5, 5.41) is 1.02. The van der Waals surface area contributed by atoms with Crippen molar-refractivity contribution in [1.82, 2.24) is 0 Å². The zero-order valence-corrected chi connectivity index (χ0v) is 6.76. The molecule has 0 aliphatic heterocycles. The van der Waals surface area contributed by atoms with Gasteiger partial charge in [-0.3, -0.25) is 0 Å². The fourth-order valence-corrected chi connectivity index (χ4v) is 0. The van der Waals surface area contributed by atoms with Gasteiger partial charge in [0.25, 0.3) is 0 Å². The molecule has 2 radical (unpaired) electrons. The molecule has 0 aromatic carbocycles. The van der Waals surface area contributed by atoms with Gasteiger partial charge < -0.3 is 0 Å². The van der Waals surface area contributed by atoms with E-state index in [-0.39, 0.29) is 24.8 Å². The van der Waals surface area contributed by atoms with Crippen molar-refractivity contribution in [3.05, 3.63) is 12.7 Å². The average molecular weight is 189 g/mol. The van der Waals surface area contributed by atoms with Gasteiger partial charge in [0, 0.05) is 0 Å². The Bertz CT molecular complexity index is 22.8. The summed E-state index contributed by atoms with van der Waals surface area (Å²) in [7, 11) is 0. The predicted octanol–water partition coefficient (Wildman–Crippen LogP) is 1.60. The van der Waals surface area contributed by atoms with Crippen LogP contribution >= 0.6 is 24.8 Å². The van der Waals surface area contributed by atoms with Crippen LogP contribution in [0.25, 0.3) is 0 Å². The molecule has 0 saturated carbocycles. The first-order valence-corrected chi connectivity index (χ1v) is 2.46. The maximum atomic E-state index is 3.46. The van der Waals surface area contributed by atoms with E-state index in [0.717, 1.165) is 5.21 Å². The Hall–Kier alpha value is 0.878. The largest absolute Gasteiger partial charge is 0.147 e. The summed E-state index contributed by atoms with van der Waals surface area (Å²) < 4.78 is 0. The van der Waals surface area contributed by atoms with E-state index in [1.807, 2.05) is 6.08 Å². The van der Waals surface area contributed by atoms with Gasteiger partial charge in [0.05, 0.1) is 0 Å². The van der Waals surface area contributed by atoms with Crippen LogP contribution in [-0.2, 0) is 0 Å². The second-order valence-corrected chi connectivity index (χ2v) is 1.24. The Labute approximate surface area is 59.7 Å². The van der Waals surface area contributed by atoms with Crippen LogP contribution in [0.4, 0.5) is 0 Å². The first-order valence-electron chi connectivity index (χ1n) is 1.13. The molecule has 0 bridgehead atoms. The van der Waals surface area contributed by atoms with Gasteiger partial charge in [0.2, 0.25) is 0 Å². The molecule has 38 valence electrons. The van der Waals surface area contributed by atoms with E-state index in [0.29, 0.717) is 0 Å². The molecule has 0 spiro atoms. The van der Waals surface area contributed by atoms with E-state index < -0.39 is 0 Å². The quantitative estimate of drug-likeness (QED) is 0.434. The van der Waals surface area contributed by atoms with Crippen LogP contribution in [0.5, 0.6) is 0 Å². The third-order valence-corrected chi connectivity index (χ3v) is 0.671. The van der Waals surface area contributed by atoms with Crippen molar-refractivity contribution in [3.63, 3.8) is 0 Å². The van der Waals surface area contributed by atoms with Crippen molar-refractivity contribution in [3.8, 4) is 0 Å². The minimum Gasteiger partial charge on any atom is -0.147 e. The van der Waals surface area contributed by atoms with E-state index in [9.17, 15) is 0 Å². The zero-order chi connectivity index (χ0) is 3.41. The van der Waals surface area contributed by atoms with E-state index in [1.165, 1.54) is 0 Å². The summed E-state index contributed by atoms with van der Waals surface area (Å²) in [4.78, 5) is 0. The smallest absolute Gasteiger partial charge is 0.147 e. The Balaban J connectivity index is -0.0000000450. The maximum absolute atomic E-state index is 3.46. The Kier molecular flexibility index (Phi) is 44.5. The van der Waals surface area contributed by atoms with Crippen molar-refractivity contribution in [2.24, 2.45) is 0 Å². The van der Waals surface area contributed by atoms with Crippen molar-refractivity contribution in [1.29, 1.82) is 0 Å². The first kappa shape index (κ1) is 15.8. The van der Waals surface area contributed by atoms with Gasteiger partial charge in [0.15, 0.2) is 0 Å². The molecule has 0 N–H and O–H groups in total. The normalized spacial score (nSPS) is 4.17. The molecule has 0 rings (SSSR count). The van der Waals surface area contributed by atoms with Crippen LogP contribution in [0, 0.1) is 0 Å². The Morgan fingerprint density at radius 2 is 1.67 bits per heavy atom. The molecule has 6 heavy (non-hydrogen) atoms. The molecule has 0 fully saturated rings. The van der Waals surface area contributed by atoms with Crippen LogP contribution in [0.15, 0.2) is 12.7 Å². The molecule has 0 aliphatic rings. The second kappa shape index (κ2) is 16.9. The van der Waals surface area contributed by atoms with Crippen LogP contribution in [-0.4, -0.2) is 16.9 Å². The monoisotopic (exact) mass is 188 g/mol. The van der Waals surface area contributed by atoms with Gasteiger partial charge in [-0.15, -0.1) is 24.8 Å².